The summed E-state index contributed by atoms with van der Waals surface area (Å²) in [6.07, 6.45) is 5.97. The lowest BCUT2D eigenvalue weighted by molar-refractivity contribution is 0.0500. The van der Waals surface area contributed by atoms with E-state index in [0.29, 0.717) is 5.56 Å². The summed E-state index contributed by atoms with van der Waals surface area (Å²) in [6.45, 7) is 0. The van der Waals surface area contributed by atoms with Crippen molar-refractivity contribution in [2.75, 3.05) is 0 Å². The maximum absolute atomic E-state index is 12.7. The van der Waals surface area contributed by atoms with Crippen LogP contribution in [0.4, 0.5) is 0 Å². The minimum atomic E-state index is -4.22. The van der Waals surface area contributed by atoms with Gasteiger partial charge in [-0.2, -0.15) is 4.72 Å². The highest BCUT2D eigenvalue weighted by Crippen LogP contribution is 2.28. The first kappa shape index (κ1) is 20.5. The lowest BCUT2D eigenvalue weighted by Gasteiger charge is -2.32. The number of hydrogen-bond acceptors (Lipinski definition) is 6. The molecule has 29 heavy (non-hydrogen) atoms. The minimum Gasteiger partial charge on any atom is -0.508 e. The summed E-state index contributed by atoms with van der Waals surface area (Å²) in [7, 11) is -4.22. The Balaban J connectivity index is 1.88. The van der Waals surface area contributed by atoms with Crippen LogP contribution in [-0.4, -0.2) is 35.2 Å². The molecule has 1 aliphatic rings. The van der Waals surface area contributed by atoms with Gasteiger partial charge in [0.25, 0.3) is 0 Å². The van der Waals surface area contributed by atoms with Crippen LogP contribution in [0.3, 0.4) is 0 Å². The summed E-state index contributed by atoms with van der Waals surface area (Å²) in [4.78, 5) is 12.0. The molecule has 0 saturated carbocycles. The zero-order valence-electron chi connectivity index (χ0n) is 15.1. The number of carbonyl (C=O) groups is 1. The third-order valence-corrected chi connectivity index (χ3v) is 5.78. The number of hydrogen-bond donors (Lipinski definition) is 4. The van der Waals surface area contributed by atoms with Gasteiger partial charge in [0, 0.05) is 11.5 Å². The Kier molecular flexibility index (Phi) is 5.69. The molecule has 0 aromatic heterocycles. The Morgan fingerprint density at radius 3 is 2.48 bits per heavy atom. The number of aliphatic hydroxyl groups is 2. The Bertz CT molecular complexity index is 1110. The standard InChI is InChI=1S/C21H19NO6S/c23-17-7-4-8-19(14-17)29(27,28)22-21(26)12-11-18(24)13-16(21)9-10-20(25)15-5-2-1-3-6-15/h1-14,16,22-24,26H/b10-9+. The third-order valence-electron chi connectivity index (χ3n) is 4.31. The highest BCUT2D eigenvalue weighted by Gasteiger charge is 2.38. The zero-order valence-corrected chi connectivity index (χ0v) is 16.0. The van der Waals surface area contributed by atoms with Crippen molar-refractivity contribution in [3.63, 3.8) is 0 Å². The maximum atomic E-state index is 12.7. The number of rotatable bonds is 6. The molecule has 2 aromatic carbocycles. The summed E-state index contributed by atoms with van der Waals surface area (Å²) in [5.41, 5.74) is -1.71. The van der Waals surface area contributed by atoms with Crippen molar-refractivity contribution < 1.29 is 28.5 Å². The van der Waals surface area contributed by atoms with Crippen molar-refractivity contribution in [2.24, 2.45) is 5.92 Å². The summed E-state index contributed by atoms with van der Waals surface area (Å²) >= 11 is 0. The molecule has 0 bridgehead atoms. The molecule has 0 spiro atoms. The van der Waals surface area contributed by atoms with Gasteiger partial charge in [0.1, 0.15) is 11.5 Å². The first-order valence-corrected chi connectivity index (χ1v) is 10.1. The molecule has 0 amide bonds. The van der Waals surface area contributed by atoms with Crippen LogP contribution in [0.1, 0.15) is 10.4 Å². The van der Waals surface area contributed by atoms with Gasteiger partial charge >= 0.3 is 0 Å². The Morgan fingerprint density at radius 1 is 1.07 bits per heavy atom. The predicted octanol–water partition coefficient (Wildman–Crippen LogP) is 2.43. The Hall–Kier alpha value is -3.20. The predicted molar refractivity (Wildman–Crippen MR) is 107 cm³/mol. The fourth-order valence-electron chi connectivity index (χ4n) is 2.81. The van der Waals surface area contributed by atoms with Crippen molar-refractivity contribution in [3.05, 3.63) is 96.3 Å². The molecule has 8 heteroatoms. The first-order chi connectivity index (χ1) is 13.7. The molecule has 2 aromatic rings. The van der Waals surface area contributed by atoms with Crippen LogP contribution in [0, 0.1) is 5.92 Å². The van der Waals surface area contributed by atoms with Crippen molar-refractivity contribution in [3.8, 4) is 5.75 Å². The number of phenolic OH excluding ortho intramolecular Hbond substituents is 1. The number of ketones is 1. The van der Waals surface area contributed by atoms with Crippen LogP contribution < -0.4 is 4.72 Å². The normalized spacial score (nSPS) is 21.8. The number of carbonyl (C=O) groups excluding carboxylic acids is 1. The molecule has 0 aliphatic heterocycles. The van der Waals surface area contributed by atoms with E-state index in [2.05, 4.69) is 4.72 Å². The number of aromatic hydroxyl groups is 1. The van der Waals surface area contributed by atoms with Gasteiger partial charge in [-0.3, -0.25) is 4.79 Å². The second kappa shape index (κ2) is 8.04. The van der Waals surface area contributed by atoms with Gasteiger partial charge in [0.2, 0.25) is 10.0 Å². The molecule has 3 rings (SSSR count). The van der Waals surface area contributed by atoms with Gasteiger partial charge in [0.15, 0.2) is 11.5 Å². The number of sulfonamides is 1. The SMILES string of the molecule is O=C(/C=C/C1C=C(O)C=CC1(O)NS(=O)(=O)c1cccc(O)c1)c1ccccc1. The van der Waals surface area contributed by atoms with Crippen molar-refractivity contribution in [1.29, 1.82) is 0 Å². The summed E-state index contributed by atoms with van der Waals surface area (Å²) in [5.74, 6) is -1.84. The van der Waals surface area contributed by atoms with Crippen LogP contribution in [0.15, 0.2) is 95.6 Å². The van der Waals surface area contributed by atoms with E-state index >= 15 is 0 Å². The van der Waals surface area contributed by atoms with Crippen LogP contribution in [0.5, 0.6) is 5.75 Å². The molecule has 0 saturated heterocycles. The average molecular weight is 413 g/mol. The number of aliphatic hydroxyl groups excluding tert-OH is 1. The molecule has 4 N–H and O–H groups in total. The van der Waals surface area contributed by atoms with Gasteiger partial charge in [-0.25, -0.2) is 8.42 Å². The van der Waals surface area contributed by atoms with Crippen LogP contribution in [0.2, 0.25) is 0 Å². The maximum Gasteiger partial charge on any atom is 0.243 e. The number of phenols is 1. The lowest BCUT2D eigenvalue weighted by Crippen LogP contribution is -2.52. The van der Waals surface area contributed by atoms with Gasteiger partial charge in [-0.1, -0.05) is 42.5 Å². The Labute approximate surface area is 168 Å². The van der Waals surface area contributed by atoms with E-state index < -0.39 is 21.7 Å². The van der Waals surface area contributed by atoms with E-state index in [0.717, 1.165) is 18.2 Å². The molecule has 150 valence electrons. The number of allylic oxidation sites excluding steroid dienone is 2. The fraction of sp³-hybridized carbons (Fsp3) is 0.0952. The average Bonchev–Trinajstić information content (AvgIpc) is 2.69. The Morgan fingerprint density at radius 2 is 1.79 bits per heavy atom. The van der Waals surface area contributed by atoms with E-state index in [1.165, 1.54) is 36.4 Å². The molecule has 2 atom stereocenters. The van der Waals surface area contributed by atoms with Crippen molar-refractivity contribution >= 4 is 15.8 Å². The molecule has 0 radical (unpaired) electrons. The molecule has 0 heterocycles. The van der Waals surface area contributed by atoms with Crippen LogP contribution in [-0.2, 0) is 10.0 Å². The topological polar surface area (TPSA) is 124 Å². The zero-order chi connectivity index (χ0) is 21.1. The lowest BCUT2D eigenvalue weighted by atomic mass is 9.90. The van der Waals surface area contributed by atoms with E-state index in [1.807, 2.05) is 0 Å². The fourth-order valence-corrected chi connectivity index (χ4v) is 4.10. The van der Waals surface area contributed by atoms with E-state index in [1.54, 1.807) is 30.3 Å². The highest BCUT2D eigenvalue weighted by atomic mass is 32.2. The number of benzene rings is 2. The quantitative estimate of drug-likeness (QED) is 0.328. The molecular formula is C21H19NO6S. The van der Waals surface area contributed by atoms with Crippen molar-refractivity contribution in [1.82, 2.24) is 4.72 Å². The van der Waals surface area contributed by atoms with Crippen molar-refractivity contribution in [2.45, 2.75) is 10.6 Å². The molecule has 0 fully saturated rings. The summed E-state index contributed by atoms with van der Waals surface area (Å²) in [6, 6.07) is 13.4. The monoisotopic (exact) mass is 413 g/mol. The number of nitrogens with one attached hydrogen (secondary N) is 1. The smallest absolute Gasteiger partial charge is 0.243 e. The molecule has 7 nitrogen and oxygen atoms in total. The first-order valence-electron chi connectivity index (χ1n) is 8.63. The van der Waals surface area contributed by atoms with Gasteiger partial charge in [-0.15, -0.1) is 0 Å². The van der Waals surface area contributed by atoms with E-state index in [4.69, 9.17) is 0 Å². The van der Waals surface area contributed by atoms with Crippen LogP contribution in [0.25, 0.3) is 0 Å². The third kappa shape index (κ3) is 4.80. The van der Waals surface area contributed by atoms with E-state index in [9.17, 15) is 28.5 Å². The second-order valence-electron chi connectivity index (χ2n) is 6.47. The van der Waals surface area contributed by atoms with Gasteiger partial charge in [-0.05, 0) is 42.5 Å². The van der Waals surface area contributed by atoms with Gasteiger partial charge in [0.05, 0.1) is 4.90 Å². The van der Waals surface area contributed by atoms with E-state index in [-0.39, 0.29) is 22.2 Å². The minimum absolute atomic E-state index is 0.187. The second-order valence-corrected chi connectivity index (χ2v) is 8.15. The van der Waals surface area contributed by atoms with Gasteiger partial charge < -0.3 is 15.3 Å². The molecule has 1 aliphatic carbocycles. The summed E-state index contributed by atoms with van der Waals surface area (Å²) in [5, 5.41) is 30.2. The van der Waals surface area contributed by atoms with Crippen LogP contribution >= 0.6 is 0 Å². The summed E-state index contributed by atoms with van der Waals surface area (Å²) < 4.78 is 27.5. The highest BCUT2D eigenvalue weighted by molar-refractivity contribution is 7.89. The largest absolute Gasteiger partial charge is 0.508 e. The molecular weight excluding hydrogens is 394 g/mol. The molecule has 2 unspecified atom stereocenters.